The Labute approximate surface area is 158 Å². The Hall–Kier alpha value is -2.45. The highest BCUT2D eigenvalue weighted by Gasteiger charge is 2.20. The maximum absolute atomic E-state index is 13.8. The van der Waals surface area contributed by atoms with Crippen molar-refractivity contribution in [2.24, 2.45) is 0 Å². The maximum Gasteiger partial charge on any atom is 0.258 e. The Bertz CT molecular complexity index is 916. The normalized spacial score (nSPS) is 12.4. The fraction of sp³-hybridized carbons (Fsp3) is 0.316. The van der Waals surface area contributed by atoms with Gasteiger partial charge in [-0.2, -0.15) is 0 Å². The van der Waals surface area contributed by atoms with Crippen LogP contribution in [-0.2, 0) is 10.0 Å². The van der Waals surface area contributed by atoms with Gasteiger partial charge >= 0.3 is 0 Å². The van der Waals surface area contributed by atoms with E-state index in [2.05, 4.69) is 10.0 Å². The summed E-state index contributed by atoms with van der Waals surface area (Å²) in [5.74, 6) is -1.07. The van der Waals surface area contributed by atoms with Crippen LogP contribution in [0.4, 0.5) is 10.1 Å². The molecule has 0 radical (unpaired) electrons. The molecule has 2 aromatic carbocycles. The van der Waals surface area contributed by atoms with Crippen LogP contribution in [0, 0.1) is 5.82 Å². The van der Waals surface area contributed by atoms with Crippen LogP contribution in [0.5, 0.6) is 5.75 Å². The molecule has 2 N–H and O–H groups in total. The number of sulfonamides is 1. The molecule has 2 rings (SSSR count). The van der Waals surface area contributed by atoms with Gasteiger partial charge in [0.15, 0.2) is 0 Å². The zero-order chi connectivity index (χ0) is 20.0. The molecule has 0 spiro atoms. The lowest BCUT2D eigenvalue weighted by atomic mass is 10.2. The van der Waals surface area contributed by atoms with E-state index >= 15 is 0 Å². The van der Waals surface area contributed by atoms with Gasteiger partial charge in [0.05, 0.1) is 22.8 Å². The van der Waals surface area contributed by atoms with Gasteiger partial charge in [0, 0.05) is 6.04 Å². The summed E-state index contributed by atoms with van der Waals surface area (Å²) in [6.07, 6.45) is 0.632. The quantitative estimate of drug-likeness (QED) is 0.717. The number of anilines is 1. The first-order chi connectivity index (χ1) is 12.8. The van der Waals surface area contributed by atoms with Crippen molar-refractivity contribution in [2.75, 3.05) is 11.9 Å². The van der Waals surface area contributed by atoms with Crippen molar-refractivity contribution in [3.63, 3.8) is 0 Å². The van der Waals surface area contributed by atoms with Gasteiger partial charge in [-0.3, -0.25) is 4.79 Å². The fourth-order valence-electron chi connectivity index (χ4n) is 2.31. The van der Waals surface area contributed by atoms with Crippen LogP contribution in [0.1, 0.15) is 37.6 Å². The Morgan fingerprint density at radius 2 is 1.89 bits per heavy atom. The third-order valence-corrected chi connectivity index (χ3v) is 5.48. The minimum atomic E-state index is -3.77. The summed E-state index contributed by atoms with van der Waals surface area (Å²) in [6.45, 7) is 5.70. The second-order valence-corrected chi connectivity index (χ2v) is 7.67. The van der Waals surface area contributed by atoms with Crippen molar-refractivity contribution in [2.45, 2.75) is 38.1 Å². The van der Waals surface area contributed by atoms with Gasteiger partial charge in [0.1, 0.15) is 11.6 Å². The number of carbonyl (C=O) groups is 1. The number of benzene rings is 2. The van der Waals surface area contributed by atoms with Crippen molar-refractivity contribution in [3.05, 3.63) is 53.8 Å². The van der Waals surface area contributed by atoms with E-state index in [1.54, 1.807) is 19.9 Å². The van der Waals surface area contributed by atoms with E-state index in [4.69, 9.17) is 4.74 Å². The number of carbonyl (C=O) groups excluding carboxylic acids is 1. The summed E-state index contributed by atoms with van der Waals surface area (Å²) in [5.41, 5.74) is 0.00284. The molecular weight excluding hydrogens is 371 g/mol. The minimum Gasteiger partial charge on any atom is -0.492 e. The lowest BCUT2D eigenvalue weighted by Gasteiger charge is -2.16. The average molecular weight is 394 g/mol. The molecule has 0 heterocycles. The first-order valence-corrected chi connectivity index (χ1v) is 10.1. The zero-order valence-corrected chi connectivity index (χ0v) is 16.3. The van der Waals surface area contributed by atoms with Gasteiger partial charge in [-0.15, -0.1) is 0 Å². The molecule has 2 aromatic rings. The molecule has 0 saturated heterocycles. The molecule has 0 aromatic heterocycles. The molecule has 6 nitrogen and oxygen atoms in total. The van der Waals surface area contributed by atoms with Crippen LogP contribution in [-0.4, -0.2) is 27.0 Å². The lowest BCUT2D eigenvalue weighted by Crippen LogP contribution is -2.32. The summed E-state index contributed by atoms with van der Waals surface area (Å²) in [7, 11) is -3.77. The van der Waals surface area contributed by atoms with Crippen molar-refractivity contribution in [3.8, 4) is 5.75 Å². The number of hydrogen-bond donors (Lipinski definition) is 2. The SMILES string of the molecule is CCOc1ccc(S(=O)(=O)N[C@@H](C)CC)cc1NC(=O)c1ccccc1F. The van der Waals surface area contributed by atoms with Gasteiger partial charge in [0.25, 0.3) is 5.91 Å². The second-order valence-electron chi connectivity index (χ2n) is 5.96. The first kappa shape index (κ1) is 20.9. The van der Waals surface area contributed by atoms with Gasteiger partial charge < -0.3 is 10.1 Å². The Balaban J connectivity index is 2.38. The van der Waals surface area contributed by atoms with Crippen LogP contribution in [0.15, 0.2) is 47.4 Å². The molecule has 0 saturated carbocycles. The number of nitrogens with one attached hydrogen (secondary N) is 2. The van der Waals surface area contributed by atoms with E-state index in [9.17, 15) is 17.6 Å². The average Bonchev–Trinajstić information content (AvgIpc) is 2.63. The Morgan fingerprint density at radius 1 is 1.19 bits per heavy atom. The summed E-state index contributed by atoms with van der Waals surface area (Å²) < 4.78 is 46.9. The van der Waals surface area contributed by atoms with E-state index < -0.39 is 21.7 Å². The molecule has 1 atom stereocenters. The second kappa shape index (κ2) is 8.96. The smallest absolute Gasteiger partial charge is 0.258 e. The predicted molar refractivity (Wildman–Crippen MR) is 102 cm³/mol. The third-order valence-electron chi connectivity index (χ3n) is 3.90. The van der Waals surface area contributed by atoms with Crippen LogP contribution in [0.3, 0.4) is 0 Å². The molecule has 0 aliphatic carbocycles. The van der Waals surface area contributed by atoms with Gasteiger partial charge in [-0.05, 0) is 50.6 Å². The number of ether oxygens (including phenoxy) is 1. The van der Waals surface area contributed by atoms with Crippen LogP contribution in [0.25, 0.3) is 0 Å². The number of amides is 1. The molecule has 0 aliphatic rings. The summed E-state index contributed by atoms with van der Waals surface area (Å²) in [5, 5.41) is 2.54. The molecule has 8 heteroatoms. The summed E-state index contributed by atoms with van der Waals surface area (Å²) in [4.78, 5) is 12.4. The van der Waals surface area contributed by atoms with Crippen LogP contribution < -0.4 is 14.8 Å². The largest absolute Gasteiger partial charge is 0.492 e. The molecule has 0 fully saturated rings. The molecule has 1 amide bonds. The van der Waals surface area contributed by atoms with Crippen LogP contribution >= 0.6 is 0 Å². The standard InChI is InChI=1S/C19H23FN2O4S/c1-4-13(3)22-27(24,25)14-10-11-18(26-5-2)17(12-14)21-19(23)15-8-6-7-9-16(15)20/h6-13,22H,4-5H2,1-3H3,(H,21,23)/t13-/m0/s1. The number of rotatable bonds is 8. The minimum absolute atomic E-state index is 0.0184. The third kappa shape index (κ3) is 5.27. The van der Waals surface area contributed by atoms with Crippen molar-refractivity contribution in [1.29, 1.82) is 0 Å². The van der Waals surface area contributed by atoms with E-state index in [0.717, 1.165) is 0 Å². The fourth-order valence-corrected chi connectivity index (χ4v) is 3.66. The van der Waals surface area contributed by atoms with Gasteiger partial charge in [-0.1, -0.05) is 19.1 Å². The molecular formula is C19H23FN2O4S. The maximum atomic E-state index is 13.8. The lowest BCUT2D eigenvalue weighted by molar-refractivity contribution is 0.102. The van der Waals surface area contributed by atoms with E-state index in [1.807, 2.05) is 6.92 Å². The Morgan fingerprint density at radius 3 is 2.52 bits per heavy atom. The van der Waals surface area contributed by atoms with E-state index in [1.165, 1.54) is 36.4 Å². The van der Waals surface area contributed by atoms with E-state index in [0.29, 0.717) is 18.8 Å². The predicted octanol–water partition coefficient (Wildman–Crippen LogP) is 3.55. The zero-order valence-electron chi connectivity index (χ0n) is 15.5. The first-order valence-electron chi connectivity index (χ1n) is 8.63. The number of hydrogen-bond acceptors (Lipinski definition) is 4. The highest BCUT2D eigenvalue weighted by molar-refractivity contribution is 7.89. The van der Waals surface area contributed by atoms with Crippen molar-refractivity contribution in [1.82, 2.24) is 4.72 Å². The van der Waals surface area contributed by atoms with Crippen molar-refractivity contribution < 1.29 is 22.3 Å². The summed E-state index contributed by atoms with van der Waals surface area (Å²) >= 11 is 0. The highest BCUT2D eigenvalue weighted by atomic mass is 32.2. The van der Waals surface area contributed by atoms with E-state index in [-0.39, 0.29) is 22.2 Å². The molecule has 0 aliphatic heterocycles. The van der Waals surface area contributed by atoms with Gasteiger partial charge in [-0.25, -0.2) is 17.5 Å². The highest BCUT2D eigenvalue weighted by Crippen LogP contribution is 2.29. The molecule has 146 valence electrons. The monoisotopic (exact) mass is 394 g/mol. The Kier molecular flexibility index (Phi) is 6.92. The molecule has 27 heavy (non-hydrogen) atoms. The topological polar surface area (TPSA) is 84.5 Å². The summed E-state index contributed by atoms with van der Waals surface area (Å²) in [6, 6.07) is 9.46. The molecule has 0 unspecified atom stereocenters. The molecule has 0 bridgehead atoms. The number of halogens is 1. The van der Waals surface area contributed by atoms with Gasteiger partial charge in [0.2, 0.25) is 10.0 Å². The van der Waals surface area contributed by atoms with Crippen LogP contribution in [0.2, 0.25) is 0 Å². The van der Waals surface area contributed by atoms with Crippen molar-refractivity contribution >= 4 is 21.6 Å².